The van der Waals surface area contributed by atoms with Crippen LogP contribution in [0.5, 0.6) is 5.75 Å². The molecule has 2 aromatic rings. The second kappa shape index (κ2) is 10.7. The molecular weight excluding hydrogens is 430 g/mol. The van der Waals surface area contributed by atoms with Gasteiger partial charge in [0.2, 0.25) is 5.91 Å². The maximum Gasteiger partial charge on any atom is 0.253 e. The molecule has 34 heavy (non-hydrogen) atoms. The smallest absolute Gasteiger partial charge is 0.253 e. The van der Waals surface area contributed by atoms with E-state index in [1.54, 1.807) is 30.3 Å². The lowest BCUT2D eigenvalue weighted by atomic mass is 9.92. The first-order chi connectivity index (χ1) is 16.4. The van der Waals surface area contributed by atoms with Crippen LogP contribution in [0, 0.1) is 11.8 Å². The van der Waals surface area contributed by atoms with Gasteiger partial charge in [0.25, 0.3) is 11.8 Å². The number of hydrogen-bond donors (Lipinski definition) is 1. The molecule has 3 amide bonds. The van der Waals surface area contributed by atoms with E-state index in [0.717, 1.165) is 25.1 Å². The number of hydrogen-bond acceptors (Lipinski definition) is 4. The molecule has 0 aliphatic carbocycles. The first kappa shape index (κ1) is 23.8. The van der Waals surface area contributed by atoms with Gasteiger partial charge in [-0.15, -0.1) is 0 Å². The van der Waals surface area contributed by atoms with E-state index in [4.69, 9.17) is 10.5 Å². The Morgan fingerprint density at radius 2 is 1.74 bits per heavy atom. The molecule has 2 saturated heterocycles. The Bertz CT molecular complexity index is 1050. The lowest BCUT2D eigenvalue weighted by molar-refractivity contribution is -0.138. The highest BCUT2D eigenvalue weighted by Crippen LogP contribution is 2.25. The summed E-state index contributed by atoms with van der Waals surface area (Å²) in [5.74, 6) is 0.683. The topological polar surface area (TPSA) is 92.9 Å². The van der Waals surface area contributed by atoms with Crippen molar-refractivity contribution in [3.05, 3.63) is 65.2 Å². The number of amides is 3. The number of carbonyl (C=O) groups is 3. The van der Waals surface area contributed by atoms with E-state index < -0.39 is 5.91 Å². The molecule has 2 heterocycles. The zero-order valence-electron chi connectivity index (χ0n) is 19.7. The van der Waals surface area contributed by atoms with Crippen molar-refractivity contribution in [1.82, 2.24) is 9.80 Å². The van der Waals surface area contributed by atoms with E-state index in [1.807, 2.05) is 28.0 Å². The van der Waals surface area contributed by atoms with E-state index in [-0.39, 0.29) is 24.3 Å². The van der Waals surface area contributed by atoms with Gasteiger partial charge in [-0.25, -0.2) is 0 Å². The molecule has 0 radical (unpaired) electrons. The van der Waals surface area contributed by atoms with E-state index in [1.165, 1.54) is 6.42 Å². The third kappa shape index (κ3) is 5.58. The molecule has 7 nitrogen and oxygen atoms in total. The fourth-order valence-electron chi connectivity index (χ4n) is 4.91. The van der Waals surface area contributed by atoms with Gasteiger partial charge in [0, 0.05) is 37.7 Å². The first-order valence-corrected chi connectivity index (χ1v) is 12.1. The zero-order chi connectivity index (χ0) is 24.1. The van der Waals surface area contributed by atoms with Crippen LogP contribution in [0.2, 0.25) is 0 Å². The van der Waals surface area contributed by atoms with Crippen LogP contribution in [0.4, 0.5) is 0 Å². The van der Waals surface area contributed by atoms with Crippen LogP contribution in [-0.4, -0.2) is 53.7 Å². The molecule has 2 fully saturated rings. The van der Waals surface area contributed by atoms with Crippen molar-refractivity contribution in [2.24, 2.45) is 17.6 Å². The van der Waals surface area contributed by atoms with E-state index in [0.29, 0.717) is 48.7 Å². The van der Waals surface area contributed by atoms with E-state index in [9.17, 15) is 14.4 Å². The standard InChI is InChI=1S/C27H33N3O4/c1-19-6-5-13-30(17-19)26(32)21-11-14-29(15-12-21)27(33)22-8-4-7-20(16-22)18-34-24-10-3-2-9-23(24)25(28)31/h2-4,7-10,16,19,21H,5-6,11-15,17-18H2,1H3,(H2,28,31). The molecule has 2 aromatic carbocycles. The van der Waals surface area contributed by atoms with Crippen LogP contribution in [0.25, 0.3) is 0 Å². The second-order valence-corrected chi connectivity index (χ2v) is 9.45. The van der Waals surface area contributed by atoms with Crippen LogP contribution in [0.3, 0.4) is 0 Å². The molecule has 1 unspecified atom stereocenters. The Morgan fingerprint density at radius 1 is 0.971 bits per heavy atom. The molecule has 0 spiro atoms. The molecule has 0 saturated carbocycles. The van der Waals surface area contributed by atoms with Crippen LogP contribution in [-0.2, 0) is 11.4 Å². The highest BCUT2D eigenvalue weighted by atomic mass is 16.5. The fraction of sp³-hybridized carbons (Fsp3) is 0.444. The summed E-state index contributed by atoms with van der Waals surface area (Å²) < 4.78 is 5.80. The Hall–Kier alpha value is -3.35. The van der Waals surface area contributed by atoms with Gasteiger partial charge in [0.05, 0.1) is 5.56 Å². The fourth-order valence-corrected chi connectivity index (χ4v) is 4.91. The lowest BCUT2D eigenvalue weighted by Gasteiger charge is -2.37. The number of primary amides is 1. The maximum atomic E-state index is 13.1. The third-order valence-electron chi connectivity index (χ3n) is 6.82. The quantitative estimate of drug-likeness (QED) is 0.710. The molecule has 2 N–H and O–H groups in total. The molecule has 1 atom stereocenters. The maximum absolute atomic E-state index is 13.1. The number of nitrogens with zero attached hydrogens (tertiary/aromatic N) is 2. The van der Waals surface area contributed by atoms with Crippen LogP contribution < -0.4 is 10.5 Å². The van der Waals surface area contributed by atoms with Crippen molar-refractivity contribution >= 4 is 17.7 Å². The number of benzene rings is 2. The summed E-state index contributed by atoms with van der Waals surface area (Å²) >= 11 is 0. The number of rotatable bonds is 6. The third-order valence-corrected chi connectivity index (χ3v) is 6.82. The number of ether oxygens (including phenoxy) is 1. The Kier molecular flexibility index (Phi) is 7.50. The van der Waals surface area contributed by atoms with Crippen molar-refractivity contribution in [3.63, 3.8) is 0 Å². The summed E-state index contributed by atoms with van der Waals surface area (Å²) in [5, 5.41) is 0. The van der Waals surface area contributed by atoms with E-state index >= 15 is 0 Å². The number of carbonyl (C=O) groups excluding carboxylic acids is 3. The monoisotopic (exact) mass is 463 g/mol. The molecule has 2 aliphatic rings. The number of likely N-dealkylation sites (tertiary alicyclic amines) is 2. The van der Waals surface area contributed by atoms with Crippen LogP contribution in [0.15, 0.2) is 48.5 Å². The lowest BCUT2D eigenvalue weighted by Crippen LogP contribution is -2.47. The van der Waals surface area contributed by atoms with Crippen molar-refractivity contribution in [3.8, 4) is 5.75 Å². The predicted molar refractivity (Wildman–Crippen MR) is 129 cm³/mol. The molecule has 0 bridgehead atoms. The van der Waals surface area contributed by atoms with Crippen molar-refractivity contribution in [2.75, 3.05) is 26.2 Å². The van der Waals surface area contributed by atoms with Crippen LogP contribution in [0.1, 0.15) is 58.9 Å². The van der Waals surface area contributed by atoms with Crippen molar-refractivity contribution < 1.29 is 19.1 Å². The number of nitrogens with two attached hydrogens (primary N) is 1. The van der Waals surface area contributed by atoms with E-state index in [2.05, 4.69) is 6.92 Å². The highest BCUT2D eigenvalue weighted by molar-refractivity contribution is 5.95. The largest absolute Gasteiger partial charge is 0.488 e. The van der Waals surface area contributed by atoms with Crippen molar-refractivity contribution in [2.45, 2.75) is 39.2 Å². The first-order valence-electron chi connectivity index (χ1n) is 12.1. The van der Waals surface area contributed by atoms with Crippen molar-refractivity contribution in [1.29, 1.82) is 0 Å². The molecule has 4 rings (SSSR count). The van der Waals surface area contributed by atoms with Crippen LogP contribution >= 0.6 is 0 Å². The summed E-state index contributed by atoms with van der Waals surface area (Å²) in [6.07, 6.45) is 3.70. The average Bonchev–Trinajstić information content (AvgIpc) is 2.87. The van der Waals surface area contributed by atoms with Gasteiger partial charge in [-0.05, 0) is 61.4 Å². The van der Waals surface area contributed by atoms with Gasteiger partial charge in [-0.2, -0.15) is 0 Å². The molecule has 2 aliphatic heterocycles. The summed E-state index contributed by atoms with van der Waals surface area (Å²) in [6.45, 7) is 5.32. The van der Waals surface area contributed by atoms with Gasteiger partial charge in [0.15, 0.2) is 0 Å². The van der Waals surface area contributed by atoms with Gasteiger partial charge < -0.3 is 20.3 Å². The van der Waals surface area contributed by atoms with Gasteiger partial charge in [-0.3, -0.25) is 14.4 Å². The minimum absolute atomic E-state index is 0.0133. The minimum Gasteiger partial charge on any atom is -0.488 e. The van der Waals surface area contributed by atoms with Gasteiger partial charge in [0.1, 0.15) is 12.4 Å². The SMILES string of the molecule is CC1CCCN(C(=O)C2CCN(C(=O)c3cccc(COc4ccccc4C(N)=O)c3)CC2)C1. The Morgan fingerprint density at radius 3 is 2.47 bits per heavy atom. The molecule has 180 valence electrons. The number of piperidine rings is 2. The Labute approximate surface area is 200 Å². The van der Waals surface area contributed by atoms with Gasteiger partial charge in [-0.1, -0.05) is 31.2 Å². The van der Waals surface area contributed by atoms with Gasteiger partial charge >= 0.3 is 0 Å². The molecule has 0 aromatic heterocycles. The summed E-state index contributed by atoms with van der Waals surface area (Å²) in [6, 6.07) is 14.2. The molecular formula is C27H33N3O4. The minimum atomic E-state index is -0.545. The normalized spacial score (nSPS) is 19.0. The summed E-state index contributed by atoms with van der Waals surface area (Å²) in [5.41, 5.74) is 7.16. The number of para-hydroxylation sites is 1. The Balaban J connectivity index is 1.33. The highest BCUT2D eigenvalue weighted by Gasteiger charge is 2.32. The second-order valence-electron chi connectivity index (χ2n) is 9.45. The molecule has 7 heteroatoms. The average molecular weight is 464 g/mol. The zero-order valence-corrected chi connectivity index (χ0v) is 19.7. The predicted octanol–water partition coefficient (Wildman–Crippen LogP) is 3.48. The summed E-state index contributed by atoms with van der Waals surface area (Å²) in [7, 11) is 0. The summed E-state index contributed by atoms with van der Waals surface area (Å²) in [4.78, 5) is 41.5.